The average molecular weight is 281 g/mol. The lowest BCUT2D eigenvalue weighted by Crippen LogP contribution is -2.07. The monoisotopic (exact) mass is 281 g/mol. The van der Waals surface area contributed by atoms with Gasteiger partial charge in [-0.3, -0.25) is 10.1 Å². The molecule has 7 heteroatoms. The number of nitrogens with one attached hydrogen (secondary N) is 1. The van der Waals surface area contributed by atoms with Crippen molar-refractivity contribution in [2.24, 2.45) is 0 Å². The van der Waals surface area contributed by atoms with Gasteiger partial charge in [-0.25, -0.2) is 9.37 Å². The molecule has 2 rings (SSSR count). The van der Waals surface area contributed by atoms with Crippen molar-refractivity contribution < 1.29 is 9.31 Å². The number of aromatic nitrogens is 1. The first-order chi connectivity index (χ1) is 8.95. The van der Waals surface area contributed by atoms with Crippen LogP contribution in [0.5, 0.6) is 0 Å². The van der Waals surface area contributed by atoms with Gasteiger partial charge in [0.15, 0.2) is 0 Å². The van der Waals surface area contributed by atoms with Gasteiger partial charge in [0.25, 0.3) is 5.69 Å². The van der Waals surface area contributed by atoms with Crippen LogP contribution in [0.2, 0.25) is 0 Å². The summed E-state index contributed by atoms with van der Waals surface area (Å²) in [5.41, 5.74) is 0.920. The van der Waals surface area contributed by atoms with E-state index in [1.807, 2.05) is 19.2 Å². The van der Waals surface area contributed by atoms with Gasteiger partial charge >= 0.3 is 0 Å². The zero-order valence-corrected chi connectivity index (χ0v) is 11.2. The highest BCUT2D eigenvalue weighted by Crippen LogP contribution is 2.25. The van der Waals surface area contributed by atoms with E-state index in [0.29, 0.717) is 5.69 Å². The number of halogens is 1. The lowest BCUT2D eigenvalue weighted by molar-refractivity contribution is -0.385. The number of nitrogens with zero attached hydrogens (tertiary/aromatic N) is 2. The van der Waals surface area contributed by atoms with Crippen LogP contribution in [0.15, 0.2) is 23.6 Å². The number of nitro groups is 1. The average Bonchev–Trinajstić information content (AvgIpc) is 2.75. The van der Waals surface area contributed by atoms with Gasteiger partial charge < -0.3 is 5.32 Å². The molecule has 1 aromatic heterocycles. The molecule has 0 bridgehead atoms. The van der Waals surface area contributed by atoms with Crippen LogP contribution in [0.4, 0.5) is 15.8 Å². The Hall–Kier alpha value is -2.02. The fourth-order valence-corrected chi connectivity index (χ4v) is 2.37. The fraction of sp³-hybridized carbons (Fsp3) is 0.250. The summed E-state index contributed by atoms with van der Waals surface area (Å²) in [5.74, 6) is -0.640. The van der Waals surface area contributed by atoms with Crippen molar-refractivity contribution in [2.45, 2.75) is 19.9 Å². The Morgan fingerprint density at radius 3 is 2.79 bits per heavy atom. The normalized spacial score (nSPS) is 12.2. The molecular weight excluding hydrogens is 269 g/mol. The van der Waals surface area contributed by atoms with Crippen LogP contribution in [0.1, 0.15) is 23.7 Å². The maximum absolute atomic E-state index is 13.3. The Morgan fingerprint density at radius 2 is 2.21 bits per heavy atom. The third-order valence-electron chi connectivity index (χ3n) is 2.56. The largest absolute Gasteiger partial charge is 0.377 e. The number of benzene rings is 1. The van der Waals surface area contributed by atoms with Crippen LogP contribution in [0.25, 0.3) is 0 Å². The van der Waals surface area contributed by atoms with Crippen molar-refractivity contribution in [3.05, 3.63) is 50.2 Å². The first-order valence-electron chi connectivity index (χ1n) is 5.59. The predicted octanol–water partition coefficient (Wildman–Crippen LogP) is 3.67. The van der Waals surface area contributed by atoms with E-state index >= 15 is 0 Å². The van der Waals surface area contributed by atoms with E-state index in [1.165, 1.54) is 23.5 Å². The SMILES string of the molecule is Cc1nc(C(C)Nc2cc(F)cc([N+](=O)[O-])c2)cs1. The van der Waals surface area contributed by atoms with Gasteiger partial charge in [-0.1, -0.05) is 0 Å². The number of aryl methyl sites for hydroxylation is 1. The minimum Gasteiger partial charge on any atom is -0.377 e. The van der Waals surface area contributed by atoms with E-state index in [2.05, 4.69) is 10.3 Å². The summed E-state index contributed by atoms with van der Waals surface area (Å²) < 4.78 is 13.3. The quantitative estimate of drug-likeness (QED) is 0.685. The molecular formula is C12H12FN3O2S. The minimum atomic E-state index is -0.640. The fourth-order valence-electron chi connectivity index (χ4n) is 1.67. The number of hydrogen-bond acceptors (Lipinski definition) is 5. The van der Waals surface area contributed by atoms with Crippen molar-refractivity contribution in [3.63, 3.8) is 0 Å². The van der Waals surface area contributed by atoms with Crippen LogP contribution >= 0.6 is 11.3 Å². The molecule has 0 aliphatic heterocycles. The molecule has 0 radical (unpaired) electrons. The molecule has 0 aliphatic carbocycles. The molecule has 0 spiro atoms. The molecule has 0 aliphatic rings. The lowest BCUT2D eigenvalue weighted by Gasteiger charge is -2.13. The highest BCUT2D eigenvalue weighted by atomic mass is 32.1. The zero-order valence-electron chi connectivity index (χ0n) is 10.4. The van der Waals surface area contributed by atoms with E-state index in [4.69, 9.17) is 0 Å². The predicted molar refractivity (Wildman–Crippen MR) is 71.9 cm³/mol. The number of rotatable bonds is 4. The van der Waals surface area contributed by atoms with Crippen molar-refractivity contribution in [3.8, 4) is 0 Å². The first-order valence-corrected chi connectivity index (χ1v) is 6.47. The van der Waals surface area contributed by atoms with Crippen molar-refractivity contribution in [2.75, 3.05) is 5.32 Å². The van der Waals surface area contributed by atoms with E-state index in [-0.39, 0.29) is 11.7 Å². The van der Waals surface area contributed by atoms with Crippen LogP contribution in [0.3, 0.4) is 0 Å². The second-order valence-corrected chi connectivity index (χ2v) is 5.17. The molecule has 1 N–H and O–H groups in total. The molecule has 0 saturated heterocycles. The molecule has 100 valence electrons. The third kappa shape index (κ3) is 3.25. The molecule has 19 heavy (non-hydrogen) atoms. The maximum atomic E-state index is 13.3. The number of hydrogen-bond donors (Lipinski definition) is 1. The molecule has 5 nitrogen and oxygen atoms in total. The molecule has 0 fully saturated rings. The van der Waals surface area contributed by atoms with E-state index in [0.717, 1.165) is 16.8 Å². The van der Waals surface area contributed by atoms with E-state index < -0.39 is 10.7 Å². The number of nitro benzene ring substituents is 1. The van der Waals surface area contributed by atoms with Crippen molar-refractivity contribution in [1.82, 2.24) is 4.98 Å². The highest BCUT2D eigenvalue weighted by molar-refractivity contribution is 7.09. The summed E-state index contributed by atoms with van der Waals surface area (Å²) in [6, 6.07) is 3.27. The maximum Gasteiger partial charge on any atom is 0.274 e. The van der Waals surface area contributed by atoms with Gasteiger partial charge in [0, 0.05) is 17.1 Å². The molecule has 1 atom stereocenters. The molecule has 0 saturated carbocycles. The Labute approximate surface area is 113 Å². The van der Waals surface area contributed by atoms with Gasteiger partial charge in [-0.15, -0.1) is 11.3 Å². The number of anilines is 1. The number of thiazole rings is 1. The standard InChI is InChI=1S/C12H12FN3O2S/c1-7(12-6-19-8(2)15-12)14-10-3-9(13)4-11(5-10)16(17)18/h3-7,14H,1-2H3. The number of non-ortho nitro benzene ring substituents is 1. The van der Waals surface area contributed by atoms with Gasteiger partial charge in [0.05, 0.1) is 27.7 Å². The molecule has 1 heterocycles. The Balaban J connectivity index is 2.21. The Morgan fingerprint density at radius 1 is 1.47 bits per heavy atom. The summed E-state index contributed by atoms with van der Waals surface area (Å²) in [4.78, 5) is 14.4. The van der Waals surface area contributed by atoms with Gasteiger partial charge in [0.2, 0.25) is 0 Å². The Kier molecular flexibility index (Phi) is 3.75. The van der Waals surface area contributed by atoms with Crippen molar-refractivity contribution >= 4 is 22.7 Å². The summed E-state index contributed by atoms with van der Waals surface area (Å²) >= 11 is 1.52. The molecule has 2 aromatic rings. The van der Waals surface area contributed by atoms with Gasteiger partial charge in [-0.05, 0) is 19.9 Å². The second kappa shape index (κ2) is 5.31. The van der Waals surface area contributed by atoms with Gasteiger partial charge in [0.1, 0.15) is 5.82 Å². The topological polar surface area (TPSA) is 68.1 Å². The smallest absolute Gasteiger partial charge is 0.274 e. The van der Waals surface area contributed by atoms with Gasteiger partial charge in [-0.2, -0.15) is 0 Å². The second-order valence-electron chi connectivity index (χ2n) is 4.11. The summed E-state index contributed by atoms with van der Waals surface area (Å²) in [6.45, 7) is 3.76. The zero-order chi connectivity index (χ0) is 14.0. The van der Waals surface area contributed by atoms with Crippen LogP contribution in [-0.4, -0.2) is 9.91 Å². The van der Waals surface area contributed by atoms with Crippen LogP contribution in [-0.2, 0) is 0 Å². The highest BCUT2D eigenvalue weighted by Gasteiger charge is 2.13. The van der Waals surface area contributed by atoms with Crippen molar-refractivity contribution in [1.29, 1.82) is 0 Å². The minimum absolute atomic E-state index is 0.147. The summed E-state index contributed by atoms with van der Waals surface area (Å²) in [7, 11) is 0. The van der Waals surface area contributed by atoms with E-state index in [1.54, 1.807) is 0 Å². The van der Waals surface area contributed by atoms with Crippen LogP contribution < -0.4 is 5.32 Å². The van der Waals surface area contributed by atoms with E-state index in [9.17, 15) is 14.5 Å². The molecule has 1 unspecified atom stereocenters. The summed E-state index contributed by atoms with van der Waals surface area (Å²) in [5, 5.41) is 16.5. The molecule has 0 amide bonds. The van der Waals surface area contributed by atoms with Crippen LogP contribution in [0, 0.1) is 22.9 Å². The first kappa shape index (κ1) is 13.4. The molecule has 1 aromatic carbocycles. The lowest BCUT2D eigenvalue weighted by atomic mass is 10.2. The summed E-state index contributed by atoms with van der Waals surface area (Å²) in [6.07, 6.45) is 0. The Bertz CT molecular complexity index is 615. The third-order valence-corrected chi connectivity index (χ3v) is 3.35.